The number of aliphatic hydroxyl groups excluding tert-OH is 1. The summed E-state index contributed by atoms with van der Waals surface area (Å²) in [5.74, 6) is 7.13. The Hall–Kier alpha value is -2.65. The fraction of sp³-hybridized carbons (Fsp3) is 0.548. The van der Waals surface area contributed by atoms with Crippen molar-refractivity contribution >= 4 is 14.0 Å². The van der Waals surface area contributed by atoms with Crippen molar-refractivity contribution in [1.29, 1.82) is 0 Å². The van der Waals surface area contributed by atoms with Gasteiger partial charge in [0.25, 0.3) is 0 Å². The average molecular weight is 553 g/mol. The van der Waals surface area contributed by atoms with Crippen LogP contribution < -0.4 is 0 Å². The fourth-order valence-corrected chi connectivity index (χ4v) is 8.17. The van der Waals surface area contributed by atoms with E-state index in [0.29, 0.717) is 0 Å². The molecule has 206 valence electrons. The molecule has 0 aliphatic heterocycles. The Labute approximate surface area is 230 Å². The van der Waals surface area contributed by atoms with Gasteiger partial charge >= 0.3 is 14.0 Å². The van der Waals surface area contributed by atoms with Crippen molar-refractivity contribution < 1.29 is 28.5 Å². The average Bonchev–Trinajstić information content (AvgIpc) is 2.85. The second-order valence-electron chi connectivity index (χ2n) is 12.0. The number of aliphatic carboxylic acids is 1. The third kappa shape index (κ3) is 6.24. The van der Waals surface area contributed by atoms with E-state index in [1.807, 2.05) is 0 Å². The van der Waals surface area contributed by atoms with Crippen LogP contribution in [0.15, 0.2) is 30.3 Å². The summed E-state index contributed by atoms with van der Waals surface area (Å²) in [7, 11) is -2.25. The maximum Gasteiger partial charge on any atom is 0.511 e. The highest BCUT2D eigenvalue weighted by Crippen LogP contribution is 2.60. The summed E-state index contributed by atoms with van der Waals surface area (Å²) in [5.41, 5.74) is 4.69. The monoisotopic (exact) mass is 552 g/mol. The van der Waals surface area contributed by atoms with Gasteiger partial charge in [-0.1, -0.05) is 37.8 Å². The van der Waals surface area contributed by atoms with Crippen molar-refractivity contribution in [3.8, 4) is 23.0 Å². The summed E-state index contributed by atoms with van der Waals surface area (Å²) in [5, 5.41) is 18.5. The predicted molar refractivity (Wildman–Crippen MR) is 147 cm³/mol. The molecule has 1 aromatic carbocycles. The van der Waals surface area contributed by atoms with Crippen molar-refractivity contribution in [2.24, 2.45) is 17.8 Å². The summed E-state index contributed by atoms with van der Waals surface area (Å²) < 4.78 is 31.3. The molecule has 4 aliphatic carbocycles. The van der Waals surface area contributed by atoms with E-state index in [-0.39, 0.29) is 29.9 Å². The number of hydrogen-bond acceptors (Lipinski definition) is 5. The van der Waals surface area contributed by atoms with Crippen LogP contribution in [-0.4, -0.2) is 40.0 Å². The quantitative estimate of drug-likeness (QED) is 0.275. The lowest BCUT2D eigenvalue weighted by molar-refractivity contribution is -0.138. The molecule has 6 rings (SSSR count). The predicted octanol–water partition coefficient (Wildman–Crippen LogP) is 6.43. The Morgan fingerprint density at radius 2 is 1.77 bits per heavy atom. The van der Waals surface area contributed by atoms with E-state index in [0.717, 1.165) is 45.8 Å². The molecule has 4 bridgehead atoms. The number of nitrogens with zero attached hydrogens (tertiary/aromatic N) is 1. The first kappa shape index (κ1) is 27.9. The van der Waals surface area contributed by atoms with Crippen LogP contribution in [0.25, 0.3) is 11.1 Å². The topological polar surface area (TPSA) is 96.7 Å². The highest BCUT2D eigenvalue weighted by atomic mass is 31.1. The van der Waals surface area contributed by atoms with Gasteiger partial charge in [-0.2, -0.15) is 0 Å². The zero-order valence-corrected chi connectivity index (χ0v) is 23.4. The van der Waals surface area contributed by atoms with Crippen molar-refractivity contribution in [3.63, 3.8) is 0 Å². The number of rotatable bonds is 9. The Balaban J connectivity index is 1.47. The number of carboxylic acid groups (broad SMARTS) is 1. The minimum absolute atomic E-state index is 0.0947. The molecule has 8 heteroatoms. The molecule has 39 heavy (non-hydrogen) atoms. The lowest BCUT2D eigenvalue weighted by Gasteiger charge is -2.56. The first-order valence-electron chi connectivity index (χ1n) is 13.9. The standard InChI is InChI=1S/C31H35FNO5P/c1-19(2)30-26(4-3-9-38-39(37)18-25(34)13-29(35)36)27(23-5-7-24(32)8-6-23)14-28(33-30)31-15-20-10-21(16-31)12-22(11-20)17-31/h5-8,14,19-22,25,34H,9-13,15-18H2,1-2H3/p+1. The number of aromatic nitrogens is 1. The molecule has 4 fully saturated rings. The fourth-order valence-electron chi connectivity index (χ4n) is 7.39. The normalized spacial score (nSPS) is 26.3. The molecule has 2 N–H and O–H groups in total. The van der Waals surface area contributed by atoms with Crippen LogP contribution in [0, 0.1) is 35.4 Å². The minimum atomic E-state index is -2.25. The Kier molecular flexibility index (Phi) is 8.19. The Bertz CT molecular complexity index is 1280. The van der Waals surface area contributed by atoms with Crippen LogP contribution in [0.1, 0.15) is 81.7 Å². The largest absolute Gasteiger partial charge is 0.511 e. The van der Waals surface area contributed by atoms with Gasteiger partial charge in [0, 0.05) is 16.7 Å². The van der Waals surface area contributed by atoms with E-state index in [4.69, 9.17) is 14.6 Å². The van der Waals surface area contributed by atoms with Gasteiger partial charge in [-0.15, -0.1) is 4.52 Å². The number of halogens is 1. The van der Waals surface area contributed by atoms with Crippen molar-refractivity contribution in [3.05, 3.63) is 53.1 Å². The molecule has 0 amide bonds. The van der Waals surface area contributed by atoms with E-state index >= 15 is 0 Å². The molecule has 0 radical (unpaired) electrons. The number of aliphatic hydroxyl groups is 1. The summed E-state index contributed by atoms with van der Waals surface area (Å²) in [4.78, 5) is 16.0. The zero-order chi connectivity index (χ0) is 27.7. The van der Waals surface area contributed by atoms with Gasteiger partial charge in [0.1, 0.15) is 11.9 Å². The van der Waals surface area contributed by atoms with Gasteiger partial charge in [-0.25, -0.2) is 4.39 Å². The lowest BCUT2D eigenvalue weighted by Crippen LogP contribution is -2.49. The van der Waals surface area contributed by atoms with Crippen LogP contribution >= 0.6 is 8.03 Å². The number of pyridine rings is 1. The molecule has 1 aromatic heterocycles. The highest BCUT2D eigenvalue weighted by Gasteiger charge is 2.52. The lowest BCUT2D eigenvalue weighted by atomic mass is 9.48. The Morgan fingerprint density at radius 1 is 1.15 bits per heavy atom. The van der Waals surface area contributed by atoms with Crippen molar-refractivity contribution in [2.75, 3.05) is 12.8 Å². The first-order chi connectivity index (χ1) is 18.6. The van der Waals surface area contributed by atoms with Crippen molar-refractivity contribution in [1.82, 2.24) is 4.98 Å². The number of carboxylic acids is 1. The molecule has 2 atom stereocenters. The molecule has 6 nitrogen and oxygen atoms in total. The maximum absolute atomic E-state index is 13.8. The third-order valence-electron chi connectivity index (χ3n) is 8.60. The second-order valence-corrected chi connectivity index (χ2v) is 13.3. The summed E-state index contributed by atoms with van der Waals surface area (Å²) in [6.45, 7) is 4.07. The van der Waals surface area contributed by atoms with Gasteiger partial charge in [0.05, 0.1) is 17.7 Å². The third-order valence-corrected chi connectivity index (χ3v) is 9.73. The molecular formula is C31H36FNO5P+. The van der Waals surface area contributed by atoms with Crippen molar-refractivity contribution in [2.45, 2.75) is 76.2 Å². The molecule has 1 heterocycles. The van der Waals surface area contributed by atoms with Gasteiger partial charge in [0.15, 0.2) is 6.61 Å². The molecular weight excluding hydrogens is 516 g/mol. The van der Waals surface area contributed by atoms with Crippen LogP contribution in [0.2, 0.25) is 0 Å². The number of hydrogen-bond donors (Lipinski definition) is 2. The number of benzene rings is 1. The van der Waals surface area contributed by atoms with Crippen LogP contribution in [-0.2, 0) is 19.3 Å². The minimum Gasteiger partial charge on any atom is -0.481 e. The van der Waals surface area contributed by atoms with E-state index in [1.165, 1.54) is 50.7 Å². The highest BCUT2D eigenvalue weighted by molar-refractivity contribution is 7.39. The van der Waals surface area contributed by atoms with Gasteiger partial charge in [-0.05, 0) is 90.5 Å². The van der Waals surface area contributed by atoms with E-state index in [2.05, 4.69) is 31.8 Å². The van der Waals surface area contributed by atoms with Gasteiger partial charge < -0.3 is 10.2 Å². The SMILES string of the molecule is CC(C)c1nc(C23CC4CC(CC(C4)C2)C3)cc(-c2ccc(F)cc2)c1C#CCO[P+](=O)CC(O)CC(=O)O. The Morgan fingerprint density at radius 3 is 2.33 bits per heavy atom. The summed E-state index contributed by atoms with van der Waals surface area (Å²) >= 11 is 0. The van der Waals surface area contributed by atoms with Crippen LogP contribution in [0.3, 0.4) is 0 Å². The van der Waals surface area contributed by atoms with E-state index < -0.39 is 26.5 Å². The molecule has 4 saturated carbocycles. The molecule has 4 aliphatic rings. The summed E-state index contributed by atoms with van der Waals surface area (Å²) in [6.07, 6.45) is 5.61. The van der Waals surface area contributed by atoms with Crippen LogP contribution in [0.4, 0.5) is 4.39 Å². The van der Waals surface area contributed by atoms with Crippen LogP contribution in [0.5, 0.6) is 0 Å². The van der Waals surface area contributed by atoms with E-state index in [9.17, 15) is 18.9 Å². The molecule has 2 aromatic rings. The first-order valence-corrected chi connectivity index (χ1v) is 15.3. The van der Waals surface area contributed by atoms with Gasteiger partial charge in [-0.3, -0.25) is 9.78 Å². The van der Waals surface area contributed by atoms with E-state index in [1.54, 1.807) is 12.1 Å². The smallest absolute Gasteiger partial charge is 0.481 e. The zero-order valence-electron chi connectivity index (χ0n) is 22.5. The number of carbonyl (C=O) groups is 1. The van der Waals surface area contributed by atoms with Gasteiger partial charge in [0.2, 0.25) is 6.16 Å². The molecule has 2 unspecified atom stereocenters. The summed E-state index contributed by atoms with van der Waals surface area (Å²) in [6, 6.07) is 8.66. The molecule has 0 saturated heterocycles. The molecule has 0 spiro atoms. The maximum atomic E-state index is 13.8. The second kappa shape index (κ2) is 11.5.